The van der Waals surface area contributed by atoms with Crippen LogP contribution in [0.15, 0.2) is 24.1 Å². The predicted octanol–water partition coefficient (Wildman–Crippen LogP) is 5.34. The van der Waals surface area contributed by atoms with Crippen LogP contribution in [0.5, 0.6) is 0 Å². The highest BCUT2D eigenvalue weighted by Crippen LogP contribution is 2.38. The normalized spacial score (nSPS) is 23.4. The van der Waals surface area contributed by atoms with Crippen molar-refractivity contribution in [2.75, 3.05) is 18.4 Å². The van der Waals surface area contributed by atoms with Crippen molar-refractivity contribution in [3.05, 3.63) is 34.5 Å². The molecule has 1 atom stereocenters. The highest BCUT2D eigenvalue weighted by Gasteiger charge is 2.28. The van der Waals surface area contributed by atoms with E-state index in [1.165, 1.54) is 15.8 Å². The fraction of sp³-hybridized carbons (Fsp3) is 0.654. The summed E-state index contributed by atoms with van der Waals surface area (Å²) >= 11 is 1.75. The maximum absolute atomic E-state index is 10.1. The minimum atomic E-state index is -0.151. The molecule has 3 aromatic heterocycles. The molecule has 4 heterocycles. The van der Waals surface area contributed by atoms with E-state index in [2.05, 4.69) is 46.0 Å². The molecule has 34 heavy (non-hydrogen) atoms. The zero-order chi connectivity index (χ0) is 23.5. The van der Waals surface area contributed by atoms with Gasteiger partial charge in [0.1, 0.15) is 5.65 Å². The first-order valence-electron chi connectivity index (χ1n) is 13.0. The molecule has 184 valence electrons. The number of aliphatic hydroxyl groups is 1. The van der Waals surface area contributed by atoms with Gasteiger partial charge in [0.25, 0.3) is 0 Å². The number of aromatic nitrogens is 4. The number of nitrogens with zero attached hydrogens (tertiary/aromatic N) is 5. The number of hydrogen-bond donors (Lipinski definition) is 2. The smallest absolute Gasteiger partial charge is 0.224 e. The largest absolute Gasteiger partial charge is 0.393 e. The van der Waals surface area contributed by atoms with E-state index >= 15 is 0 Å². The maximum atomic E-state index is 10.1. The topological polar surface area (TPSA) is 79.1 Å². The first kappa shape index (κ1) is 23.7. The van der Waals surface area contributed by atoms with E-state index in [1.807, 2.05) is 11.7 Å². The molecule has 1 saturated carbocycles. The summed E-state index contributed by atoms with van der Waals surface area (Å²) in [4.78, 5) is 17.9. The second-order valence-corrected chi connectivity index (χ2v) is 11.2. The van der Waals surface area contributed by atoms with Gasteiger partial charge in [0.15, 0.2) is 0 Å². The average molecular weight is 483 g/mol. The molecule has 0 amide bonds. The first-order chi connectivity index (χ1) is 16.6. The van der Waals surface area contributed by atoms with Crippen molar-refractivity contribution >= 4 is 28.3 Å². The van der Waals surface area contributed by atoms with Crippen molar-refractivity contribution in [2.45, 2.75) is 95.9 Å². The van der Waals surface area contributed by atoms with Crippen molar-refractivity contribution < 1.29 is 5.11 Å². The maximum Gasteiger partial charge on any atom is 0.224 e. The lowest BCUT2D eigenvalue weighted by Crippen LogP contribution is -2.32. The molecular formula is C26H38N6OS. The number of thiazole rings is 1. The Balaban J connectivity index is 1.38. The van der Waals surface area contributed by atoms with Gasteiger partial charge in [0.05, 0.1) is 11.6 Å². The SMILES string of the molecule is CCC[C@H](C)Nc1ncc2c(C3CCN(Cc4cncs4)CC3)cn([C@H]3CC[C@H](O)CC3)c2n1. The summed E-state index contributed by atoms with van der Waals surface area (Å²) in [6.45, 7) is 7.64. The van der Waals surface area contributed by atoms with Crippen LogP contribution in [-0.4, -0.2) is 54.8 Å². The van der Waals surface area contributed by atoms with Crippen LogP contribution in [0.1, 0.15) is 87.6 Å². The summed E-state index contributed by atoms with van der Waals surface area (Å²) in [5, 5.41) is 14.8. The van der Waals surface area contributed by atoms with Crippen LogP contribution < -0.4 is 5.32 Å². The van der Waals surface area contributed by atoms with Crippen LogP contribution >= 0.6 is 11.3 Å². The molecule has 5 rings (SSSR count). The van der Waals surface area contributed by atoms with Gasteiger partial charge >= 0.3 is 0 Å². The van der Waals surface area contributed by atoms with E-state index in [0.717, 1.165) is 82.6 Å². The van der Waals surface area contributed by atoms with Gasteiger partial charge in [0.2, 0.25) is 5.95 Å². The molecule has 2 aliphatic rings. The van der Waals surface area contributed by atoms with Crippen molar-refractivity contribution in [2.24, 2.45) is 0 Å². The molecule has 1 saturated heterocycles. The Morgan fingerprint density at radius 3 is 2.65 bits per heavy atom. The van der Waals surface area contributed by atoms with E-state index in [-0.39, 0.29) is 6.10 Å². The summed E-state index contributed by atoms with van der Waals surface area (Å²) < 4.78 is 2.41. The third-order valence-corrected chi connectivity index (χ3v) is 8.41. The molecule has 2 fully saturated rings. The number of fused-ring (bicyclic) bond motifs is 1. The van der Waals surface area contributed by atoms with Gasteiger partial charge in [-0.2, -0.15) is 4.98 Å². The minimum Gasteiger partial charge on any atom is -0.393 e. The lowest BCUT2D eigenvalue weighted by atomic mass is 9.89. The number of nitrogens with one attached hydrogen (secondary N) is 1. The monoisotopic (exact) mass is 482 g/mol. The van der Waals surface area contributed by atoms with Crippen molar-refractivity contribution in [1.82, 2.24) is 24.4 Å². The summed E-state index contributed by atoms with van der Waals surface area (Å²) in [6.07, 6.45) is 14.6. The van der Waals surface area contributed by atoms with Gasteiger partial charge in [-0.1, -0.05) is 13.3 Å². The summed E-state index contributed by atoms with van der Waals surface area (Å²) in [6, 6.07) is 0.764. The van der Waals surface area contributed by atoms with Crippen LogP contribution in [0.4, 0.5) is 5.95 Å². The molecule has 0 bridgehead atoms. The first-order valence-corrected chi connectivity index (χ1v) is 13.9. The summed E-state index contributed by atoms with van der Waals surface area (Å²) in [5.74, 6) is 1.27. The molecule has 1 aliphatic carbocycles. The van der Waals surface area contributed by atoms with Crippen LogP contribution in [0, 0.1) is 0 Å². The fourth-order valence-electron chi connectivity index (χ4n) is 5.73. The molecule has 7 nitrogen and oxygen atoms in total. The van der Waals surface area contributed by atoms with Gasteiger partial charge in [-0.3, -0.25) is 9.88 Å². The zero-order valence-corrected chi connectivity index (χ0v) is 21.3. The average Bonchev–Trinajstić information content (AvgIpc) is 3.48. The summed E-state index contributed by atoms with van der Waals surface area (Å²) in [7, 11) is 0. The predicted molar refractivity (Wildman–Crippen MR) is 138 cm³/mol. The third-order valence-electron chi connectivity index (χ3n) is 7.65. The van der Waals surface area contributed by atoms with E-state index in [0.29, 0.717) is 18.0 Å². The van der Waals surface area contributed by atoms with Gasteiger partial charge in [-0.25, -0.2) is 4.98 Å². The number of piperidine rings is 1. The molecule has 0 aromatic carbocycles. The van der Waals surface area contributed by atoms with Crippen molar-refractivity contribution in [1.29, 1.82) is 0 Å². The van der Waals surface area contributed by atoms with Gasteiger partial charge < -0.3 is 15.0 Å². The third kappa shape index (κ3) is 5.29. The zero-order valence-electron chi connectivity index (χ0n) is 20.5. The second-order valence-electron chi connectivity index (χ2n) is 10.2. The molecule has 0 spiro atoms. The van der Waals surface area contributed by atoms with Crippen LogP contribution in [0.2, 0.25) is 0 Å². The van der Waals surface area contributed by atoms with Crippen molar-refractivity contribution in [3.63, 3.8) is 0 Å². The Morgan fingerprint density at radius 2 is 1.94 bits per heavy atom. The van der Waals surface area contributed by atoms with Crippen LogP contribution in [0.3, 0.4) is 0 Å². The number of rotatable bonds is 8. The number of hydrogen-bond acceptors (Lipinski definition) is 7. The van der Waals surface area contributed by atoms with E-state index in [9.17, 15) is 5.11 Å². The Kier molecular flexibility index (Phi) is 7.46. The summed E-state index contributed by atoms with van der Waals surface area (Å²) in [5.41, 5.74) is 4.39. The standard InChI is InChI=1S/C26H38N6OS/c1-3-4-18(2)29-26-28-14-23-24(16-32(25(23)30-26)20-5-7-21(33)8-6-20)19-9-11-31(12-10-19)15-22-13-27-17-34-22/h13-14,16-21,33H,3-12,15H2,1-2H3,(H,28,29,30)/t18-,20-,21-/m0/s1. The molecular weight excluding hydrogens is 444 g/mol. The quantitative estimate of drug-likeness (QED) is 0.451. The van der Waals surface area contributed by atoms with Gasteiger partial charge in [-0.05, 0) is 76.4 Å². The Morgan fingerprint density at radius 1 is 1.15 bits per heavy atom. The Labute approximate surface area is 206 Å². The molecule has 0 unspecified atom stereocenters. The van der Waals surface area contributed by atoms with Crippen LogP contribution in [-0.2, 0) is 6.54 Å². The molecule has 1 aliphatic heterocycles. The highest BCUT2D eigenvalue weighted by atomic mass is 32.1. The van der Waals surface area contributed by atoms with E-state index in [4.69, 9.17) is 9.97 Å². The van der Waals surface area contributed by atoms with E-state index < -0.39 is 0 Å². The van der Waals surface area contributed by atoms with Gasteiger partial charge in [-0.15, -0.1) is 11.3 Å². The Hall–Kier alpha value is -2.03. The fourth-order valence-corrected chi connectivity index (χ4v) is 6.37. The lowest BCUT2D eigenvalue weighted by molar-refractivity contribution is 0.111. The highest BCUT2D eigenvalue weighted by molar-refractivity contribution is 7.09. The number of anilines is 1. The van der Waals surface area contributed by atoms with E-state index in [1.54, 1.807) is 11.3 Å². The molecule has 8 heteroatoms. The lowest BCUT2D eigenvalue weighted by Gasteiger charge is -2.31. The van der Waals surface area contributed by atoms with Crippen LogP contribution in [0.25, 0.3) is 11.0 Å². The molecule has 2 N–H and O–H groups in total. The second kappa shape index (κ2) is 10.7. The minimum absolute atomic E-state index is 0.151. The molecule has 0 radical (unpaired) electrons. The Bertz CT molecular complexity index is 1050. The molecule has 3 aromatic rings. The number of aliphatic hydroxyl groups excluding tert-OH is 1. The van der Waals surface area contributed by atoms with Crippen molar-refractivity contribution in [3.8, 4) is 0 Å². The number of likely N-dealkylation sites (tertiary alicyclic amines) is 1. The van der Waals surface area contributed by atoms with Gasteiger partial charge in [0, 0.05) is 47.5 Å².